The number of nitrogens with one attached hydrogen (secondary N) is 1. The second-order valence-corrected chi connectivity index (χ2v) is 6.42. The lowest BCUT2D eigenvalue weighted by Gasteiger charge is -2.40. The zero-order valence-electron chi connectivity index (χ0n) is 13.0. The zero-order valence-corrected chi connectivity index (χ0v) is 13.8. The van der Waals surface area contributed by atoms with Gasteiger partial charge in [0, 0.05) is 22.2 Å². The summed E-state index contributed by atoms with van der Waals surface area (Å²) >= 11 is 5.88. The Bertz CT molecular complexity index is 808. The minimum atomic E-state index is -5.00. The van der Waals surface area contributed by atoms with Gasteiger partial charge in [0.2, 0.25) is 5.91 Å². The summed E-state index contributed by atoms with van der Waals surface area (Å²) in [5.74, 6) is 0.0423. The number of fused-ring (bicyclic) bond motifs is 1. The molecule has 1 N–H and O–H groups in total. The maximum absolute atomic E-state index is 14.3. The highest BCUT2D eigenvalue weighted by molar-refractivity contribution is 6.30. The molecule has 0 radical (unpaired) electrons. The van der Waals surface area contributed by atoms with E-state index in [1.165, 1.54) is 12.1 Å². The summed E-state index contributed by atoms with van der Waals surface area (Å²) in [5.41, 5.74) is -3.43. The monoisotopic (exact) mass is 371 g/mol. The van der Waals surface area contributed by atoms with Crippen molar-refractivity contribution in [1.82, 2.24) is 0 Å². The van der Waals surface area contributed by atoms with Crippen molar-refractivity contribution in [2.24, 2.45) is 11.8 Å². The molecule has 1 aliphatic carbocycles. The molecule has 0 spiro atoms. The number of ether oxygens (including phenoxy) is 1. The van der Waals surface area contributed by atoms with E-state index in [4.69, 9.17) is 11.6 Å². The third-order valence-electron chi connectivity index (χ3n) is 4.29. The average molecular weight is 372 g/mol. The lowest BCUT2D eigenvalue weighted by Crippen LogP contribution is -2.58. The maximum atomic E-state index is 14.3. The van der Waals surface area contributed by atoms with Gasteiger partial charge in [-0.3, -0.25) is 9.59 Å². The number of halogens is 4. The fourth-order valence-electron chi connectivity index (χ4n) is 2.88. The Morgan fingerprint density at radius 3 is 2.64 bits per heavy atom. The highest BCUT2D eigenvalue weighted by Crippen LogP contribution is 2.52. The first-order valence-corrected chi connectivity index (χ1v) is 7.86. The quantitative estimate of drug-likeness (QED) is 0.468. The molecule has 2 atom stereocenters. The molecule has 8 heteroatoms. The van der Waals surface area contributed by atoms with Gasteiger partial charge in [-0.1, -0.05) is 23.4 Å². The molecule has 1 saturated carbocycles. The molecule has 1 aromatic carbocycles. The van der Waals surface area contributed by atoms with Crippen molar-refractivity contribution in [3.63, 3.8) is 0 Å². The van der Waals surface area contributed by atoms with Crippen LogP contribution in [-0.2, 0) is 19.7 Å². The molecule has 25 heavy (non-hydrogen) atoms. The molecule has 1 aliphatic heterocycles. The van der Waals surface area contributed by atoms with E-state index >= 15 is 0 Å². The van der Waals surface area contributed by atoms with Crippen LogP contribution in [-0.4, -0.2) is 25.2 Å². The van der Waals surface area contributed by atoms with Gasteiger partial charge in [0.05, 0.1) is 7.11 Å². The van der Waals surface area contributed by atoms with Gasteiger partial charge in [-0.25, -0.2) is 0 Å². The second-order valence-electron chi connectivity index (χ2n) is 5.98. The Labute approximate surface area is 146 Å². The molecule has 4 nitrogen and oxygen atoms in total. The predicted octanol–water partition coefficient (Wildman–Crippen LogP) is 3.29. The molecule has 1 aromatic rings. The number of hydrogen-bond donors (Lipinski definition) is 1. The molecule has 132 valence electrons. The summed E-state index contributed by atoms with van der Waals surface area (Å²) in [6, 6.07) is 3.71. The highest BCUT2D eigenvalue weighted by atomic mass is 35.5. The van der Waals surface area contributed by atoms with Crippen LogP contribution in [0.25, 0.3) is 0 Å². The van der Waals surface area contributed by atoms with E-state index in [0.717, 1.165) is 13.2 Å². The van der Waals surface area contributed by atoms with Crippen molar-refractivity contribution >= 4 is 29.2 Å². The van der Waals surface area contributed by atoms with Crippen LogP contribution < -0.4 is 5.32 Å². The normalized spacial score (nSPS) is 25.3. The predicted molar refractivity (Wildman–Crippen MR) is 83.8 cm³/mol. The molecule has 0 saturated heterocycles. The van der Waals surface area contributed by atoms with Gasteiger partial charge in [-0.15, -0.1) is 0 Å². The number of methoxy groups -OCH3 is 1. The van der Waals surface area contributed by atoms with Crippen LogP contribution in [0.5, 0.6) is 0 Å². The van der Waals surface area contributed by atoms with Crippen molar-refractivity contribution in [3.8, 4) is 11.8 Å². The van der Waals surface area contributed by atoms with Crippen LogP contribution in [0.1, 0.15) is 18.4 Å². The highest BCUT2D eigenvalue weighted by Gasteiger charge is 2.67. The number of carbonyl (C=O) groups excluding carboxylic acids is 2. The number of esters is 1. The van der Waals surface area contributed by atoms with Gasteiger partial charge >= 0.3 is 12.1 Å². The number of alkyl halides is 3. The number of rotatable bonds is 1. The number of carbonyl (C=O) groups is 2. The second kappa shape index (κ2) is 5.95. The largest absolute Gasteiger partial charge is 0.468 e. The number of anilines is 1. The van der Waals surface area contributed by atoms with Crippen molar-refractivity contribution in [1.29, 1.82) is 0 Å². The zero-order chi connectivity index (χ0) is 18.4. The summed E-state index contributed by atoms with van der Waals surface area (Å²) in [5, 5.41) is 2.36. The minimum Gasteiger partial charge on any atom is -0.468 e. The molecule has 2 aliphatic rings. The summed E-state index contributed by atoms with van der Waals surface area (Å²) < 4.78 is 47.3. The van der Waals surface area contributed by atoms with E-state index in [1.54, 1.807) is 0 Å². The first-order valence-electron chi connectivity index (χ1n) is 7.49. The van der Waals surface area contributed by atoms with Crippen molar-refractivity contribution in [2.45, 2.75) is 24.4 Å². The Hall–Kier alpha value is -2.20. The Morgan fingerprint density at radius 1 is 1.40 bits per heavy atom. The first kappa shape index (κ1) is 17.6. The third-order valence-corrected chi connectivity index (χ3v) is 4.53. The van der Waals surface area contributed by atoms with Crippen molar-refractivity contribution in [2.75, 3.05) is 12.4 Å². The van der Waals surface area contributed by atoms with Gasteiger partial charge in [0.1, 0.15) is 0 Å². The van der Waals surface area contributed by atoms with E-state index in [-0.39, 0.29) is 22.2 Å². The molecule has 3 rings (SSSR count). The third kappa shape index (κ3) is 2.85. The smallest absolute Gasteiger partial charge is 0.410 e. The Morgan fingerprint density at radius 2 is 2.08 bits per heavy atom. The van der Waals surface area contributed by atoms with Gasteiger partial charge in [-0.2, -0.15) is 13.2 Å². The molecule has 1 heterocycles. The topological polar surface area (TPSA) is 55.4 Å². The van der Waals surface area contributed by atoms with Gasteiger partial charge in [0.15, 0.2) is 11.3 Å². The lowest BCUT2D eigenvalue weighted by molar-refractivity contribution is -0.197. The van der Waals surface area contributed by atoms with E-state index in [2.05, 4.69) is 21.9 Å². The molecular formula is C17H13ClF3NO3. The number of hydrogen-bond acceptors (Lipinski definition) is 3. The lowest BCUT2D eigenvalue weighted by atomic mass is 9.66. The number of amides is 1. The Kier molecular flexibility index (Phi) is 4.20. The summed E-state index contributed by atoms with van der Waals surface area (Å²) in [4.78, 5) is 24.5. The van der Waals surface area contributed by atoms with Crippen LogP contribution >= 0.6 is 11.6 Å². The molecule has 1 fully saturated rings. The van der Waals surface area contributed by atoms with Crippen LogP contribution in [0.15, 0.2) is 18.2 Å². The van der Waals surface area contributed by atoms with Crippen LogP contribution in [0.4, 0.5) is 18.9 Å². The van der Waals surface area contributed by atoms with Crippen LogP contribution in [0, 0.1) is 23.7 Å². The van der Waals surface area contributed by atoms with Gasteiger partial charge < -0.3 is 10.1 Å². The van der Waals surface area contributed by atoms with E-state index in [9.17, 15) is 22.8 Å². The Balaban J connectivity index is 2.34. The maximum Gasteiger partial charge on any atom is 0.410 e. The van der Waals surface area contributed by atoms with Crippen LogP contribution in [0.2, 0.25) is 5.02 Å². The van der Waals surface area contributed by atoms with E-state index < -0.39 is 29.4 Å². The first-order chi connectivity index (χ1) is 11.7. The van der Waals surface area contributed by atoms with E-state index in [1.807, 2.05) is 0 Å². The SMILES string of the molecule is COC(=O)C1C(=O)Nc2ccc(Cl)cc2C1(C#CC1CC1)C(F)(F)F. The van der Waals surface area contributed by atoms with Gasteiger partial charge in [-0.05, 0) is 31.0 Å². The summed E-state index contributed by atoms with van der Waals surface area (Å²) in [7, 11) is 0.929. The summed E-state index contributed by atoms with van der Waals surface area (Å²) in [6.07, 6.45) is -3.61. The molecule has 0 aromatic heterocycles. The van der Waals surface area contributed by atoms with E-state index in [0.29, 0.717) is 12.8 Å². The molecule has 2 unspecified atom stereocenters. The fourth-order valence-corrected chi connectivity index (χ4v) is 3.05. The van der Waals surface area contributed by atoms with Crippen molar-refractivity contribution < 1.29 is 27.5 Å². The number of benzene rings is 1. The molecule has 1 amide bonds. The average Bonchev–Trinajstić information content (AvgIpc) is 3.35. The molecular weight excluding hydrogens is 359 g/mol. The van der Waals surface area contributed by atoms with Crippen molar-refractivity contribution in [3.05, 3.63) is 28.8 Å². The van der Waals surface area contributed by atoms with Crippen LogP contribution in [0.3, 0.4) is 0 Å². The fraction of sp³-hybridized carbons (Fsp3) is 0.412. The summed E-state index contributed by atoms with van der Waals surface area (Å²) in [6.45, 7) is 0. The van der Waals surface area contributed by atoms with Gasteiger partial charge in [0.25, 0.3) is 0 Å². The standard InChI is InChI=1S/C17H13ClF3NO3/c1-25-15(24)13-14(23)22-12-5-4-10(18)8-11(12)16(13,17(19,20)21)7-6-9-2-3-9/h4-5,8-9,13H,2-3H2,1H3,(H,22,23). The minimum absolute atomic E-state index is 0.0420. The molecule has 0 bridgehead atoms.